The zero-order valence-electron chi connectivity index (χ0n) is 20.7. The van der Waals surface area contributed by atoms with E-state index in [-0.39, 0.29) is 36.8 Å². The van der Waals surface area contributed by atoms with Crippen molar-refractivity contribution in [3.8, 4) is 0 Å². The molecule has 2 aromatic carbocycles. The smallest absolute Gasteiger partial charge is 0.332 e. The third-order valence-electron chi connectivity index (χ3n) is 6.55. The molecule has 8 heteroatoms. The van der Waals surface area contributed by atoms with Crippen LogP contribution in [-0.2, 0) is 13.1 Å². The number of benzene rings is 2. The Morgan fingerprint density at radius 1 is 0.889 bits per heavy atom. The van der Waals surface area contributed by atoms with E-state index in [2.05, 4.69) is 29.2 Å². The molecule has 0 unspecified atom stereocenters. The highest BCUT2D eigenvalue weighted by Gasteiger charge is 2.25. The molecule has 188 valence electrons. The van der Waals surface area contributed by atoms with Crippen LogP contribution in [0.2, 0.25) is 0 Å². The highest BCUT2D eigenvalue weighted by molar-refractivity contribution is 6.01. The average Bonchev–Trinajstić information content (AvgIpc) is 2.89. The highest BCUT2D eigenvalue weighted by atomic mass is 16.2. The Balaban J connectivity index is 1.43. The molecule has 0 aliphatic carbocycles. The SMILES string of the molecule is CCn1c(=O)c(C(=O)CN2CCN(CC=Cc3ccccc3)CC2)c(N)n(Cc2ccccc2)c1=O. The van der Waals surface area contributed by atoms with E-state index < -0.39 is 11.2 Å². The van der Waals surface area contributed by atoms with Crippen molar-refractivity contribution in [2.75, 3.05) is 45.0 Å². The molecule has 0 saturated carbocycles. The molecule has 1 aliphatic heterocycles. The lowest BCUT2D eigenvalue weighted by molar-refractivity contribution is 0.0863. The predicted molar refractivity (Wildman–Crippen MR) is 143 cm³/mol. The molecule has 2 heterocycles. The first-order chi connectivity index (χ1) is 17.5. The van der Waals surface area contributed by atoms with Gasteiger partial charge in [-0.2, -0.15) is 0 Å². The molecule has 0 bridgehead atoms. The molecule has 0 spiro atoms. The number of carbonyl (C=O) groups excluding carboxylic acids is 1. The van der Waals surface area contributed by atoms with Gasteiger partial charge in [-0.05, 0) is 18.1 Å². The molecule has 36 heavy (non-hydrogen) atoms. The minimum Gasteiger partial charge on any atom is -0.384 e. The lowest BCUT2D eigenvalue weighted by Gasteiger charge is -2.33. The fourth-order valence-electron chi connectivity index (χ4n) is 4.49. The first-order valence-corrected chi connectivity index (χ1v) is 12.3. The molecule has 0 radical (unpaired) electrons. The summed E-state index contributed by atoms with van der Waals surface area (Å²) in [4.78, 5) is 43.6. The maximum atomic E-state index is 13.3. The lowest BCUT2D eigenvalue weighted by Crippen LogP contribution is -2.49. The molecule has 1 aromatic heterocycles. The summed E-state index contributed by atoms with van der Waals surface area (Å²) in [5, 5.41) is 0. The van der Waals surface area contributed by atoms with Gasteiger partial charge in [0.2, 0.25) is 0 Å². The summed E-state index contributed by atoms with van der Waals surface area (Å²) in [5.41, 5.74) is 7.11. The summed E-state index contributed by atoms with van der Waals surface area (Å²) in [6.45, 7) is 6.11. The number of carbonyl (C=O) groups is 1. The van der Waals surface area contributed by atoms with Crippen molar-refractivity contribution in [1.29, 1.82) is 0 Å². The van der Waals surface area contributed by atoms with E-state index in [0.29, 0.717) is 0 Å². The van der Waals surface area contributed by atoms with Crippen molar-refractivity contribution in [3.63, 3.8) is 0 Å². The lowest BCUT2D eigenvalue weighted by atomic mass is 10.1. The van der Waals surface area contributed by atoms with Gasteiger partial charge < -0.3 is 5.73 Å². The van der Waals surface area contributed by atoms with Gasteiger partial charge in [0, 0.05) is 39.3 Å². The Morgan fingerprint density at radius 2 is 1.50 bits per heavy atom. The second-order valence-electron chi connectivity index (χ2n) is 8.98. The number of anilines is 1. The van der Waals surface area contributed by atoms with Crippen molar-refractivity contribution in [3.05, 3.63) is 104 Å². The van der Waals surface area contributed by atoms with Gasteiger partial charge in [-0.3, -0.25) is 28.5 Å². The average molecular weight is 488 g/mol. The molecular weight excluding hydrogens is 454 g/mol. The molecule has 1 saturated heterocycles. The van der Waals surface area contributed by atoms with Crippen molar-refractivity contribution in [2.45, 2.75) is 20.0 Å². The van der Waals surface area contributed by atoms with Gasteiger partial charge in [0.05, 0.1) is 13.1 Å². The molecule has 4 rings (SSSR count). The number of rotatable bonds is 9. The van der Waals surface area contributed by atoms with Gasteiger partial charge >= 0.3 is 5.69 Å². The van der Waals surface area contributed by atoms with Gasteiger partial charge in [0.25, 0.3) is 5.56 Å². The van der Waals surface area contributed by atoms with Crippen LogP contribution in [0.4, 0.5) is 5.82 Å². The molecule has 1 fully saturated rings. The maximum Gasteiger partial charge on any atom is 0.332 e. The number of nitrogen functional groups attached to an aromatic ring is 1. The van der Waals surface area contributed by atoms with Gasteiger partial charge in [0.1, 0.15) is 11.4 Å². The van der Waals surface area contributed by atoms with E-state index in [1.54, 1.807) is 6.92 Å². The van der Waals surface area contributed by atoms with Gasteiger partial charge in [-0.25, -0.2) is 4.79 Å². The maximum absolute atomic E-state index is 13.3. The van der Waals surface area contributed by atoms with Crippen LogP contribution >= 0.6 is 0 Å². The van der Waals surface area contributed by atoms with Gasteiger partial charge in [-0.1, -0.05) is 72.8 Å². The first-order valence-electron chi connectivity index (χ1n) is 12.3. The number of nitrogens with two attached hydrogens (primary N) is 1. The molecule has 2 N–H and O–H groups in total. The van der Waals surface area contributed by atoms with Crippen molar-refractivity contribution in [1.82, 2.24) is 18.9 Å². The monoisotopic (exact) mass is 487 g/mol. The predicted octanol–water partition coefficient (Wildman–Crippen LogP) is 2.17. The van der Waals surface area contributed by atoms with Gasteiger partial charge in [0.15, 0.2) is 5.78 Å². The topological polar surface area (TPSA) is 93.6 Å². The quantitative estimate of drug-likeness (QED) is 0.465. The summed E-state index contributed by atoms with van der Waals surface area (Å²) >= 11 is 0. The molecular formula is C28H33N5O3. The van der Waals surface area contributed by atoms with Crippen molar-refractivity contribution < 1.29 is 4.79 Å². The number of piperazine rings is 1. The van der Waals surface area contributed by atoms with Crippen LogP contribution in [-0.4, -0.2) is 64.0 Å². The Hall–Kier alpha value is -3.75. The molecule has 3 aromatic rings. The van der Waals surface area contributed by atoms with Gasteiger partial charge in [-0.15, -0.1) is 0 Å². The third kappa shape index (κ3) is 5.90. The van der Waals surface area contributed by atoms with Crippen LogP contribution in [0.1, 0.15) is 28.4 Å². The summed E-state index contributed by atoms with van der Waals surface area (Å²) < 4.78 is 2.41. The number of Topliss-reactive ketones (excluding diaryl/α,β-unsaturated/α-hetero) is 1. The highest BCUT2D eigenvalue weighted by Crippen LogP contribution is 2.12. The first kappa shape index (κ1) is 25.3. The number of ketones is 1. The minimum absolute atomic E-state index is 0.0618. The summed E-state index contributed by atoms with van der Waals surface area (Å²) in [6, 6.07) is 19.6. The van der Waals surface area contributed by atoms with Crippen LogP contribution in [0, 0.1) is 0 Å². The molecule has 0 amide bonds. The van der Waals surface area contributed by atoms with E-state index in [4.69, 9.17) is 5.73 Å². The largest absolute Gasteiger partial charge is 0.384 e. The van der Waals surface area contributed by atoms with Crippen LogP contribution in [0.25, 0.3) is 6.08 Å². The van der Waals surface area contributed by atoms with Crippen molar-refractivity contribution >= 4 is 17.7 Å². The van der Waals surface area contributed by atoms with Crippen LogP contribution in [0.5, 0.6) is 0 Å². The molecule has 8 nitrogen and oxygen atoms in total. The standard InChI is InChI=1S/C28H33N5O3/c1-2-32-27(35)25(26(29)33(28(32)36)20-23-12-7-4-8-13-23)24(34)21-31-18-16-30(17-19-31)15-9-14-22-10-5-3-6-11-22/h3-14H,2,15-21,29H2,1H3. The fourth-order valence-corrected chi connectivity index (χ4v) is 4.49. The van der Waals surface area contributed by atoms with Crippen LogP contribution in [0.15, 0.2) is 76.3 Å². The summed E-state index contributed by atoms with van der Waals surface area (Å²) in [6.07, 6.45) is 4.27. The Labute approximate surface area is 210 Å². The molecule has 1 aliphatic rings. The Bertz CT molecular complexity index is 1320. The molecule has 0 atom stereocenters. The number of hydrogen-bond acceptors (Lipinski definition) is 6. The number of hydrogen-bond donors (Lipinski definition) is 1. The van der Waals surface area contributed by atoms with E-state index >= 15 is 0 Å². The minimum atomic E-state index is -0.612. The summed E-state index contributed by atoms with van der Waals surface area (Å²) in [5.74, 6) is -0.410. The number of aromatic nitrogens is 2. The van der Waals surface area contributed by atoms with E-state index in [1.165, 1.54) is 10.1 Å². The summed E-state index contributed by atoms with van der Waals surface area (Å²) in [7, 11) is 0. The normalized spacial score (nSPS) is 14.9. The van der Waals surface area contributed by atoms with E-state index in [9.17, 15) is 14.4 Å². The zero-order chi connectivity index (χ0) is 25.5. The fraction of sp³-hybridized carbons (Fsp3) is 0.321. The van der Waals surface area contributed by atoms with Crippen LogP contribution in [0.3, 0.4) is 0 Å². The second kappa shape index (κ2) is 11.8. The number of nitrogens with zero attached hydrogens (tertiary/aromatic N) is 4. The van der Waals surface area contributed by atoms with Crippen molar-refractivity contribution in [2.24, 2.45) is 0 Å². The Kier molecular flexibility index (Phi) is 8.30. The Morgan fingerprint density at radius 3 is 2.14 bits per heavy atom. The second-order valence-corrected chi connectivity index (χ2v) is 8.98. The van der Waals surface area contributed by atoms with Crippen LogP contribution < -0.4 is 17.0 Å². The van der Waals surface area contributed by atoms with E-state index in [1.807, 2.05) is 53.4 Å². The van der Waals surface area contributed by atoms with E-state index in [0.717, 1.165) is 42.9 Å². The zero-order valence-corrected chi connectivity index (χ0v) is 20.7. The third-order valence-corrected chi connectivity index (χ3v) is 6.55.